The monoisotopic (exact) mass is 185 g/mol. The van der Waals surface area contributed by atoms with Crippen molar-refractivity contribution in [3.8, 4) is 0 Å². The summed E-state index contributed by atoms with van der Waals surface area (Å²) in [6.07, 6.45) is 2.87. The molecule has 0 unspecified atom stereocenters. The van der Waals surface area contributed by atoms with E-state index in [-0.39, 0.29) is 10.5 Å². The van der Waals surface area contributed by atoms with Gasteiger partial charge < -0.3 is 0 Å². The second-order valence-corrected chi connectivity index (χ2v) is 3.64. The molecule has 0 rings (SSSR count). The molecule has 0 bridgehead atoms. The van der Waals surface area contributed by atoms with Crippen LogP contribution in [-0.4, -0.2) is 31.1 Å². The molecule has 0 aliphatic rings. The van der Waals surface area contributed by atoms with E-state index in [1.54, 1.807) is 0 Å². The van der Waals surface area contributed by atoms with Crippen molar-refractivity contribution in [1.29, 1.82) is 0 Å². The van der Waals surface area contributed by atoms with Crippen molar-refractivity contribution in [1.82, 2.24) is 5.43 Å². The Labute approximate surface area is 81.0 Å². The molecular weight excluding hydrogens is 164 g/mol. The average Bonchev–Trinajstić information content (AvgIpc) is 2.12. The van der Waals surface area contributed by atoms with Gasteiger partial charge in [-0.15, -0.1) is 0 Å². The number of amides is 1. The highest BCUT2D eigenvalue weighted by Crippen LogP contribution is 2.03. The van der Waals surface area contributed by atoms with Crippen LogP contribution in [0.15, 0.2) is 11.6 Å². The van der Waals surface area contributed by atoms with E-state index in [0.717, 1.165) is 18.5 Å². The standard InChI is InChI=1S/C10H21N2O/c1-6-8-11-12(4,5)10(13)9(3)7-2/h7,11H,6,8H2,1-5H3/q+1. The van der Waals surface area contributed by atoms with Crippen LogP contribution in [0.4, 0.5) is 0 Å². The fourth-order valence-corrected chi connectivity index (χ4v) is 1.03. The van der Waals surface area contributed by atoms with Gasteiger partial charge in [-0.2, -0.15) is 10.0 Å². The van der Waals surface area contributed by atoms with Crippen molar-refractivity contribution in [3.05, 3.63) is 11.6 Å². The predicted molar refractivity (Wildman–Crippen MR) is 54.8 cm³/mol. The molecule has 0 heterocycles. The van der Waals surface area contributed by atoms with Crippen LogP contribution in [0.2, 0.25) is 0 Å². The van der Waals surface area contributed by atoms with Crippen molar-refractivity contribution in [2.45, 2.75) is 27.2 Å². The van der Waals surface area contributed by atoms with Crippen LogP contribution in [0.5, 0.6) is 0 Å². The lowest BCUT2D eigenvalue weighted by atomic mass is 10.2. The van der Waals surface area contributed by atoms with Gasteiger partial charge in [0.15, 0.2) is 0 Å². The highest BCUT2D eigenvalue weighted by Gasteiger charge is 2.26. The summed E-state index contributed by atoms with van der Waals surface area (Å²) >= 11 is 0. The molecule has 0 fully saturated rings. The summed E-state index contributed by atoms with van der Waals surface area (Å²) in [5, 5.41) is 0. The molecule has 0 aromatic rings. The number of carbonyl (C=O) groups excluding carboxylic acids is 1. The zero-order valence-electron chi connectivity index (χ0n) is 9.35. The maximum Gasteiger partial charge on any atom is 0.359 e. The van der Waals surface area contributed by atoms with E-state index >= 15 is 0 Å². The van der Waals surface area contributed by atoms with E-state index in [2.05, 4.69) is 12.3 Å². The topological polar surface area (TPSA) is 29.1 Å². The molecule has 0 aliphatic carbocycles. The molecule has 3 nitrogen and oxygen atoms in total. The third kappa shape index (κ3) is 3.70. The number of likely N-dealkylation sites (N-methyl/N-ethyl adjacent to an activating group) is 1. The zero-order chi connectivity index (χ0) is 10.5. The maximum atomic E-state index is 11.7. The van der Waals surface area contributed by atoms with Crippen molar-refractivity contribution in [2.24, 2.45) is 0 Å². The molecule has 0 saturated carbocycles. The quantitative estimate of drug-likeness (QED) is 0.408. The van der Waals surface area contributed by atoms with Crippen LogP contribution in [0.3, 0.4) is 0 Å². The molecule has 13 heavy (non-hydrogen) atoms. The van der Waals surface area contributed by atoms with Crippen LogP contribution in [0, 0.1) is 0 Å². The first-order valence-corrected chi connectivity index (χ1v) is 4.72. The Morgan fingerprint density at radius 3 is 2.38 bits per heavy atom. The molecule has 0 saturated heterocycles. The number of nitrogens with zero attached hydrogens (tertiary/aromatic N) is 1. The van der Waals surface area contributed by atoms with Crippen molar-refractivity contribution in [2.75, 3.05) is 20.6 Å². The van der Waals surface area contributed by atoms with E-state index in [9.17, 15) is 4.79 Å². The van der Waals surface area contributed by atoms with E-state index in [1.807, 2.05) is 34.0 Å². The average molecular weight is 185 g/mol. The lowest BCUT2D eigenvalue weighted by Crippen LogP contribution is -2.56. The lowest BCUT2D eigenvalue weighted by Gasteiger charge is -2.26. The first-order valence-electron chi connectivity index (χ1n) is 4.72. The summed E-state index contributed by atoms with van der Waals surface area (Å²) in [4.78, 5) is 11.7. The van der Waals surface area contributed by atoms with Gasteiger partial charge in [0.25, 0.3) is 0 Å². The molecule has 1 N–H and O–H groups in total. The van der Waals surface area contributed by atoms with Gasteiger partial charge in [0.1, 0.15) is 0 Å². The van der Waals surface area contributed by atoms with Gasteiger partial charge in [-0.25, -0.2) is 4.79 Å². The normalized spacial score (nSPS) is 13.2. The Morgan fingerprint density at radius 1 is 1.46 bits per heavy atom. The summed E-state index contributed by atoms with van der Waals surface area (Å²) in [7, 11) is 3.73. The highest BCUT2D eigenvalue weighted by molar-refractivity contribution is 5.86. The Balaban J connectivity index is 4.36. The van der Waals surface area contributed by atoms with E-state index < -0.39 is 0 Å². The number of nitrogens with one attached hydrogen (secondary N) is 1. The van der Waals surface area contributed by atoms with Gasteiger partial charge in [-0.3, -0.25) is 0 Å². The van der Waals surface area contributed by atoms with Crippen LogP contribution in [0.1, 0.15) is 27.2 Å². The summed E-state index contributed by atoms with van der Waals surface area (Å²) in [5.74, 6) is 0.121. The molecular formula is C10H21N2O+. The van der Waals surface area contributed by atoms with Gasteiger partial charge in [0, 0.05) is 6.54 Å². The van der Waals surface area contributed by atoms with Gasteiger partial charge in [-0.1, -0.05) is 13.0 Å². The third-order valence-electron chi connectivity index (χ3n) is 2.04. The van der Waals surface area contributed by atoms with Gasteiger partial charge >= 0.3 is 5.91 Å². The van der Waals surface area contributed by atoms with E-state index in [1.165, 1.54) is 0 Å². The summed E-state index contributed by atoms with van der Waals surface area (Å²) in [6.45, 7) is 6.67. The molecule has 0 radical (unpaired) electrons. The Bertz CT molecular complexity index is 207. The highest BCUT2D eigenvalue weighted by atomic mass is 16.2. The number of rotatable bonds is 4. The molecule has 1 amide bonds. The fourth-order valence-electron chi connectivity index (χ4n) is 1.03. The van der Waals surface area contributed by atoms with Crippen LogP contribution >= 0.6 is 0 Å². The number of quaternary nitrogens is 1. The molecule has 0 aromatic carbocycles. The Hall–Kier alpha value is -0.670. The summed E-state index contributed by atoms with van der Waals surface area (Å²) in [5.41, 5.74) is 3.97. The lowest BCUT2D eigenvalue weighted by molar-refractivity contribution is -0.858. The predicted octanol–water partition coefficient (Wildman–Crippen LogP) is 1.47. The maximum absolute atomic E-state index is 11.7. The van der Waals surface area contributed by atoms with Crippen molar-refractivity contribution < 1.29 is 9.39 Å². The van der Waals surface area contributed by atoms with Gasteiger partial charge in [0.05, 0.1) is 19.7 Å². The minimum Gasteiger partial charge on any atom is -0.224 e. The largest absolute Gasteiger partial charge is 0.359 e. The number of allylic oxidation sites excluding steroid dienone is 1. The van der Waals surface area contributed by atoms with Crippen LogP contribution in [-0.2, 0) is 4.79 Å². The molecule has 0 atom stereocenters. The zero-order valence-corrected chi connectivity index (χ0v) is 9.35. The molecule has 0 aromatic heterocycles. The third-order valence-corrected chi connectivity index (χ3v) is 2.04. The minimum atomic E-state index is 0.121. The molecule has 76 valence electrons. The van der Waals surface area contributed by atoms with Crippen LogP contribution in [0.25, 0.3) is 0 Å². The Kier molecular flexibility index (Phi) is 4.88. The van der Waals surface area contributed by atoms with Crippen LogP contribution < -0.4 is 5.43 Å². The second-order valence-electron chi connectivity index (χ2n) is 3.64. The summed E-state index contributed by atoms with van der Waals surface area (Å²) < 4.78 is 0.226. The Morgan fingerprint density at radius 2 is 2.00 bits per heavy atom. The number of hydrogen-bond acceptors (Lipinski definition) is 2. The smallest absolute Gasteiger partial charge is 0.224 e. The first-order chi connectivity index (χ1) is 5.95. The first kappa shape index (κ1) is 12.3. The number of carbonyl (C=O) groups is 1. The molecule has 3 heteroatoms. The van der Waals surface area contributed by atoms with Gasteiger partial charge in [0.2, 0.25) is 0 Å². The van der Waals surface area contributed by atoms with E-state index in [0.29, 0.717) is 0 Å². The minimum absolute atomic E-state index is 0.121. The van der Waals surface area contributed by atoms with Crippen molar-refractivity contribution >= 4 is 5.91 Å². The summed E-state index contributed by atoms with van der Waals surface area (Å²) in [6, 6.07) is 0. The molecule has 0 spiro atoms. The fraction of sp³-hybridized carbons (Fsp3) is 0.700. The molecule has 0 aliphatic heterocycles. The van der Waals surface area contributed by atoms with Gasteiger partial charge in [-0.05, 0) is 20.3 Å². The van der Waals surface area contributed by atoms with E-state index in [4.69, 9.17) is 0 Å². The number of hydrogen-bond donors (Lipinski definition) is 1. The second kappa shape index (κ2) is 5.14. The SMILES string of the molecule is CC=C(C)C(=O)[N+](C)(C)NCCC. The van der Waals surface area contributed by atoms with Crippen molar-refractivity contribution in [3.63, 3.8) is 0 Å².